The van der Waals surface area contributed by atoms with Crippen molar-refractivity contribution in [1.82, 2.24) is 9.78 Å². The molecular weight excluding hydrogens is 362 g/mol. The molecule has 0 aliphatic carbocycles. The Morgan fingerprint density at radius 2 is 2.32 bits per heavy atom. The van der Waals surface area contributed by atoms with Crippen molar-refractivity contribution in [2.45, 2.75) is 13.0 Å². The van der Waals surface area contributed by atoms with Crippen molar-refractivity contribution in [1.29, 1.82) is 0 Å². The Hall–Kier alpha value is -1.64. The predicted octanol–water partition coefficient (Wildman–Crippen LogP) is 2.41. The quantitative estimate of drug-likeness (QED) is 0.640. The van der Waals surface area contributed by atoms with Gasteiger partial charge in [0, 0.05) is 11.9 Å². The van der Waals surface area contributed by atoms with Gasteiger partial charge in [-0.1, -0.05) is 0 Å². The molecule has 2 rings (SSSR count). The van der Waals surface area contributed by atoms with Gasteiger partial charge in [-0.2, -0.15) is 5.10 Å². The van der Waals surface area contributed by atoms with E-state index in [0.717, 1.165) is 3.57 Å². The number of carbonyl (C=O) groups excluding carboxylic acids is 1. The highest BCUT2D eigenvalue weighted by molar-refractivity contribution is 14.1. The van der Waals surface area contributed by atoms with Crippen molar-refractivity contribution >= 4 is 39.9 Å². The van der Waals surface area contributed by atoms with Gasteiger partial charge in [0.05, 0.1) is 15.5 Å². The third-order valence-electron chi connectivity index (χ3n) is 2.59. The summed E-state index contributed by atoms with van der Waals surface area (Å²) in [5, 5.41) is 6.55. The van der Waals surface area contributed by atoms with Gasteiger partial charge < -0.3 is 11.1 Å². The van der Waals surface area contributed by atoms with Gasteiger partial charge in [-0.15, -0.1) is 0 Å². The second kappa shape index (κ2) is 5.55. The summed E-state index contributed by atoms with van der Waals surface area (Å²) in [4.78, 5) is 12.0. The van der Waals surface area contributed by atoms with Crippen molar-refractivity contribution in [2.75, 3.05) is 11.1 Å². The van der Waals surface area contributed by atoms with Crippen molar-refractivity contribution in [3.8, 4) is 0 Å². The average Bonchev–Trinajstić information content (AvgIpc) is 2.79. The SMILES string of the molecule is CC(C(=O)Nc1cc(N)ccc1F)n1cc(I)cn1. The van der Waals surface area contributed by atoms with Crippen LogP contribution in [0.3, 0.4) is 0 Å². The zero-order valence-electron chi connectivity index (χ0n) is 10.1. The number of halogens is 2. The van der Waals surface area contributed by atoms with E-state index < -0.39 is 11.9 Å². The van der Waals surface area contributed by atoms with Crippen molar-refractivity contribution in [2.24, 2.45) is 0 Å². The smallest absolute Gasteiger partial charge is 0.249 e. The van der Waals surface area contributed by atoms with Crippen LogP contribution >= 0.6 is 22.6 Å². The molecule has 2 aromatic rings. The summed E-state index contributed by atoms with van der Waals surface area (Å²) in [5.74, 6) is -0.881. The topological polar surface area (TPSA) is 72.9 Å². The van der Waals surface area contributed by atoms with Crippen LogP contribution in [0.2, 0.25) is 0 Å². The third-order valence-corrected chi connectivity index (χ3v) is 3.15. The maximum Gasteiger partial charge on any atom is 0.249 e. The van der Waals surface area contributed by atoms with E-state index in [2.05, 4.69) is 33.0 Å². The van der Waals surface area contributed by atoms with Crippen LogP contribution in [0, 0.1) is 9.39 Å². The summed E-state index contributed by atoms with van der Waals surface area (Å²) in [7, 11) is 0. The highest BCUT2D eigenvalue weighted by atomic mass is 127. The molecule has 1 atom stereocenters. The highest BCUT2D eigenvalue weighted by Crippen LogP contribution is 2.19. The van der Waals surface area contributed by atoms with Gasteiger partial charge in [-0.3, -0.25) is 9.48 Å². The molecule has 0 aliphatic rings. The summed E-state index contributed by atoms with van der Waals surface area (Å²) < 4.78 is 15.9. The van der Waals surface area contributed by atoms with Gasteiger partial charge in [0.2, 0.25) is 5.91 Å². The molecule has 3 N–H and O–H groups in total. The van der Waals surface area contributed by atoms with Crippen molar-refractivity contribution < 1.29 is 9.18 Å². The van der Waals surface area contributed by atoms with E-state index in [-0.39, 0.29) is 11.6 Å². The van der Waals surface area contributed by atoms with Crippen molar-refractivity contribution in [3.05, 3.63) is 40.0 Å². The van der Waals surface area contributed by atoms with Crippen LogP contribution in [0.15, 0.2) is 30.6 Å². The Kier molecular flexibility index (Phi) is 4.03. The summed E-state index contributed by atoms with van der Waals surface area (Å²) in [6, 6.07) is 3.49. The lowest BCUT2D eigenvalue weighted by molar-refractivity contribution is -0.119. The maximum atomic E-state index is 13.5. The summed E-state index contributed by atoms with van der Waals surface area (Å²) in [6.07, 6.45) is 3.38. The molecule has 100 valence electrons. The minimum absolute atomic E-state index is 0.0682. The van der Waals surface area contributed by atoms with E-state index in [1.54, 1.807) is 19.3 Å². The average molecular weight is 374 g/mol. The third kappa shape index (κ3) is 3.22. The first kappa shape index (κ1) is 13.8. The first-order chi connectivity index (χ1) is 8.97. The molecular formula is C12H12FIN4O. The number of nitrogens with zero attached hydrogens (tertiary/aromatic N) is 2. The molecule has 7 heteroatoms. The molecule has 1 aromatic heterocycles. The summed E-state index contributed by atoms with van der Waals surface area (Å²) in [6.45, 7) is 1.68. The summed E-state index contributed by atoms with van der Waals surface area (Å²) in [5.41, 5.74) is 6.01. The van der Waals surface area contributed by atoms with E-state index in [0.29, 0.717) is 5.69 Å². The van der Waals surface area contributed by atoms with Crippen LogP contribution in [0.5, 0.6) is 0 Å². The fourth-order valence-electron chi connectivity index (χ4n) is 1.52. The number of aromatic nitrogens is 2. The Morgan fingerprint density at radius 1 is 1.58 bits per heavy atom. The molecule has 1 unspecified atom stereocenters. The van der Waals surface area contributed by atoms with Crippen LogP contribution in [-0.2, 0) is 4.79 Å². The van der Waals surface area contributed by atoms with Gasteiger partial charge in [0.15, 0.2) is 0 Å². The molecule has 0 aliphatic heterocycles. The fraction of sp³-hybridized carbons (Fsp3) is 0.167. The Morgan fingerprint density at radius 3 is 2.95 bits per heavy atom. The maximum absolute atomic E-state index is 13.5. The number of hydrogen-bond donors (Lipinski definition) is 2. The predicted molar refractivity (Wildman–Crippen MR) is 79.1 cm³/mol. The standard InChI is InChI=1S/C12H12FIN4O/c1-7(18-6-8(14)5-16-18)12(19)17-11-4-9(15)2-3-10(11)13/h2-7H,15H2,1H3,(H,17,19). The Bertz CT molecular complexity index is 614. The van der Waals surface area contributed by atoms with Gasteiger partial charge in [0.25, 0.3) is 0 Å². The molecule has 0 radical (unpaired) electrons. The summed E-state index contributed by atoms with van der Waals surface area (Å²) >= 11 is 2.10. The molecule has 0 saturated heterocycles. The number of nitrogens with two attached hydrogens (primary N) is 1. The molecule has 5 nitrogen and oxygen atoms in total. The van der Waals surface area contributed by atoms with E-state index in [1.807, 2.05) is 0 Å². The number of anilines is 2. The Labute approximate surface area is 123 Å². The van der Waals surface area contributed by atoms with Crippen LogP contribution in [0.25, 0.3) is 0 Å². The van der Waals surface area contributed by atoms with Crippen LogP contribution in [-0.4, -0.2) is 15.7 Å². The zero-order chi connectivity index (χ0) is 14.0. The number of nitrogen functional groups attached to an aromatic ring is 1. The second-order valence-electron chi connectivity index (χ2n) is 4.04. The molecule has 0 bridgehead atoms. The lowest BCUT2D eigenvalue weighted by Crippen LogP contribution is -2.24. The van der Waals surface area contributed by atoms with Crippen LogP contribution < -0.4 is 11.1 Å². The molecule has 1 amide bonds. The number of carbonyl (C=O) groups is 1. The van der Waals surface area contributed by atoms with Gasteiger partial charge >= 0.3 is 0 Å². The van der Waals surface area contributed by atoms with E-state index in [1.165, 1.54) is 22.9 Å². The molecule has 0 fully saturated rings. The normalized spacial score (nSPS) is 12.2. The molecule has 0 spiro atoms. The minimum atomic E-state index is -0.538. The number of rotatable bonds is 3. The largest absolute Gasteiger partial charge is 0.399 e. The molecule has 19 heavy (non-hydrogen) atoms. The van der Waals surface area contributed by atoms with Gasteiger partial charge in [0.1, 0.15) is 11.9 Å². The number of amides is 1. The highest BCUT2D eigenvalue weighted by Gasteiger charge is 2.17. The van der Waals surface area contributed by atoms with Gasteiger partial charge in [-0.25, -0.2) is 4.39 Å². The van der Waals surface area contributed by atoms with Crippen molar-refractivity contribution in [3.63, 3.8) is 0 Å². The van der Waals surface area contributed by atoms with E-state index in [9.17, 15) is 9.18 Å². The number of nitrogens with one attached hydrogen (secondary N) is 1. The van der Waals surface area contributed by atoms with Gasteiger partial charge in [-0.05, 0) is 47.7 Å². The van der Waals surface area contributed by atoms with E-state index in [4.69, 9.17) is 5.73 Å². The minimum Gasteiger partial charge on any atom is -0.399 e. The molecule has 1 aromatic carbocycles. The molecule has 1 heterocycles. The number of hydrogen-bond acceptors (Lipinski definition) is 3. The first-order valence-corrected chi connectivity index (χ1v) is 6.61. The first-order valence-electron chi connectivity index (χ1n) is 5.53. The lowest BCUT2D eigenvalue weighted by Gasteiger charge is -2.13. The van der Waals surface area contributed by atoms with Crippen LogP contribution in [0.4, 0.5) is 15.8 Å². The number of benzene rings is 1. The Balaban J connectivity index is 2.14. The second-order valence-corrected chi connectivity index (χ2v) is 5.29. The monoisotopic (exact) mass is 374 g/mol. The van der Waals surface area contributed by atoms with E-state index >= 15 is 0 Å². The lowest BCUT2D eigenvalue weighted by atomic mass is 10.2. The molecule has 0 saturated carbocycles. The zero-order valence-corrected chi connectivity index (χ0v) is 12.3. The fourth-order valence-corrected chi connectivity index (χ4v) is 1.93. The van der Waals surface area contributed by atoms with Crippen LogP contribution in [0.1, 0.15) is 13.0 Å².